The second kappa shape index (κ2) is 9.25. The fourth-order valence-electron chi connectivity index (χ4n) is 3.92. The van der Waals surface area contributed by atoms with Gasteiger partial charge in [-0.25, -0.2) is 14.4 Å². The first kappa shape index (κ1) is 23.2. The summed E-state index contributed by atoms with van der Waals surface area (Å²) in [6.45, 7) is 4.05. The zero-order chi connectivity index (χ0) is 25.4. The predicted octanol–water partition coefficient (Wildman–Crippen LogP) is 3.87. The van der Waals surface area contributed by atoms with Gasteiger partial charge in [-0.3, -0.25) is 9.67 Å². The van der Waals surface area contributed by atoms with Gasteiger partial charge in [-0.1, -0.05) is 5.16 Å². The van der Waals surface area contributed by atoms with E-state index >= 15 is 4.39 Å². The average molecular weight is 490 g/mol. The Morgan fingerprint density at radius 3 is 2.61 bits per heavy atom. The number of hydrogen-bond acceptors (Lipinski definition) is 8. The Kier molecular flexibility index (Phi) is 5.96. The number of methoxy groups -OCH3 is 2. The molecule has 11 heteroatoms. The maximum Gasteiger partial charge on any atom is 0.190 e. The fraction of sp³-hybridized carbons (Fsp3) is 0.240. The molecule has 0 unspecified atom stereocenters. The highest BCUT2D eigenvalue weighted by atomic mass is 19.1. The maximum absolute atomic E-state index is 15.2. The lowest BCUT2D eigenvalue weighted by Gasteiger charge is -2.13. The van der Waals surface area contributed by atoms with Crippen molar-refractivity contribution in [2.24, 2.45) is 12.0 Å². The van der Waals surface area contributed by atoms with Crippen molar-refractivity contribution in [3.05, 3.63) is 71.2 Å². The van der Waals surface area contributed by atoms with Gasteiger partial charge in [0.1, 0.15) is 28.2 Å². The zero-order valence-corrected chi connectivity index (χ0v) is 20.5. The van der Waals surface area contributed by atoms with Crippen LogP contribution in [0, 0.1) is 19.7 Å². The molecule has 0 fully saturated rings. The number of hydrogen-bond donors (Lipinski definition) is 0. The van der Waals surface area contributed by atoms with Gasteiger partial charge in [-0.05, 0) is 26.0 Å². The van der Waals surface area contributed by atoms with E-state index in [0.29, 0.717) is 40.4 Å². The average Bonchev–Trinajstić information content (AvgIpc) is 3.46. The molecule has 0 aliphatic heterocycles. The van der Waals surface area contributed by atoms with E-state index in [2.05, 4.69) is 20.2 Å². The van der Waals surface area contributed by atoms with Crippen LogP contribution in [-0.4, -0.2) is 43.7 Å². The molecule has 36 heavy (non-hydrogen) atoms. The molecular formula is C25H24FN7O3. The molecule has 10 nitrogen and oxygen atoms in total. The van der Waals surface area contributed by atoms with Crippen LogP contribution >= 0.6 is 0 Å². The third kappa shape index (κ3) is 4.19. The summed E-state index contributed by atoms with van der Waals surface area (Å²) in [5.74, 6) is 0.527. The minimum atomic E-state index is -0.600. The lowest BCUT2D eigenvalue weighted by molar-refractivity contribution is 0.374. The summed E-state index contributed by atoms with van der Waals surface area (Å²) in [5.41, 5.74) is 4.82. The Hall–Kier alpha value is -4.54. The molecular weight excluding hydrogens is 465 g/mol. The molecule has 0 atom stereocenters. The summed E-state index contributed by atoms with van der Waals surface area (Å²) >= 11 is 0. The monoisotopic (exact) mass is 489 g/mol. The van der Waals surface area contributed by atoms with E-state index in [4.69, 9.17) is 19.0 Å². The highest BCUT2D eigenvalue weighted by Crippen LogP contribution is 2.32. The van der Waals surface area contributed by atoms with Gasteiger partial charge >= 0.3 is 0 Å². The van der Waals surface area contributed by atoms with E-state index in [1.807, 2.05) is 31.7 Å². The minimum Gasteiger partial charge on any atom is -0.497 e. The van der Waals surface area contributed by atoms with Crippen molar-refractivity contribution in [3.63, 3.8) is 0 Å². The molecule has 0 aliphatic rings. The normalized spacial score (nSPS) is 11.9. The standard InChI is InChI=1S/C25H24FN7O3/c1-14-18(15(2)36-31-14)13-33-23(29-20-8-17(34-4)9-22(35-5)24(20)26)7-6-19-25(33)30-21(11-27-19)16-10-28-32(3)12-16/h6-12H,13H2,1-5H3. The number of halogens is 1. The molecule has 4 aromatic heterocycles. The Balaban J connectivity index is 1.79. The Morgan fingerprint density at radius 1 is 1.11 bits per heavy atom. The number of fused-ring (bicyclic) bond motifs is 1. The second-order valence-corrected chi connectivity index (χ2v) is 8.22. The van der Waals surface area contributed by atoms with Crippen molar-refractivity contribution in [2.45, 2.75) is 20.4 Å². The van der Waals surface area contributed by atoms with Crippen LogP contribution in [0.25, 0.3) is 22.4 Å². The quantitative estimate of drug-likeness (QED) is 0.356. The van der Waals surface area contributed by atoms with Crippen LogP contribution in [0.5, 0.6) is 11.5 Å². The summed E-state index contributed by atoms with van der Waals surface area (Å²) < 4.78 is 34.6. The van der Waals surface area contributed by atoms with Crippen molar-refractivity contribution < 1.29 is 18.4 Å². The smallest absolute Gasteiger partial charge is 0.190 e. The SMILES string of the molecule is COc1cc(N=c2ccc3ncc(-c4cnn(C)c4)nc3n2Cc2c(C)noc2C)c(F)c(OC)c1. The Morgan fingerprint density at radius 2 is 1.94 bits per heavy atom. The van der Waals surface area contributed by atoms with Gasteiger partial charge in [0.2, 0.25) is 0 Å². The molecule has 0 amide bonds. The van der Waals surface area contributed by atoms with Gasteiger partial charge in [0.15, 0.2) is 17.2 Å². The van der Waals surface area contributed by atoms with E-state index in [-0.39, 0.29) is 11.4 Å². The van der Waals surface area contributed by atoms with Crippen LogP contribution in [0.1, 0.15) is 17.0 Å². The molecule has 0 aliphatic carbocycles. The highest BCUT2D eigenvalue weighted by Gasteiger charge is 2.16. The summed E-state index contributed by atoms with van der Waals surface area (Å²) in [6, 6.07) is 6.55. The predicted molar refractivity (Wildman–Crippen MR) is 130 cm³/mol. The number of aromatic nitrogens is 6. The lowest BCUT2D eigenvalue weighted by atomic mass is 10.2. The van der Waals surface area contributed by atoms with E-state index in [1.54, 1.807) is 29.2 Å². The largest absolute Gasteiger partial charge is 0.497 e. The molecule has 4 heterocycles. The van der Waals surface area contributed by atoms with Crippen molar-refractivity contribution in [1.82, 2.24) is 29.5 Å². The molecule has 5 rings (SSSR count). The van der Waals surface area contributed by atoms with Gasteiger partial charge in [-0.15, -0.1) is 0 Å². The summed E-state index contributed by atoms with van der Waals surface area (Å²) in [4.78, 5) is 14.1. The number of nitrogens with zero attached hydrogens (tertiary/aromatic N) is 7. The van der Waals surface area contributed by atoms with E-state index in [0.717, 1.165) is 16.8 Å². The first-order chi connectivity index (χ1) is 17.4. The zero-order valence-electron chi connectivity index (χ0n) is 20.5. The lowest BCUT2D eigenvalue weighted by Crippen LogP contribution is -2.23. The van der Waals surface area contributed by atoms with Crippen LogP contribution in [0.15, 0.2) is 52.4 Å². The van der Waals surface area contributed by atoms with E-state index < -0.39 is 5.82 Å². The van der Waals surface area contributed by atoms with Gasteiger partial charge in [0, 0.05) is 36.5 Å². The highest BCUT2D eigenvalue weighted by molar-refractivity contribution is 5.73. The number of rotatable bonds is 6. The number of ether oxygens (including phenoxy) is 2. The molecule has 5 aromatic rings. The molecule has 0 radical (unpaired) electrons. The molecule has 0 saturated heterocycles. The first-order valence-electron chi connectivity index (χ1n) is 11.1. The number of aryl methyl sites for hydroxylation is 3. The second-order valence-electron chi connectivity index (χ2n) is 8.22. The minimum absolute atomic E-state index is 0.0322. The van der Waals surface area contributed by atoms with E-state index in [9.17, 15) is 0 Å². The van der Waals surface area contributed by atoms with Gasteiger partial charge < -0.3 is 18.6 Å². The van der Waals surface area contributed by atoms with Gasteiger partial charge in [0.05, 0.1) is 44.5 Å². The summed E-state index contributed by atoms with van der Waals surface area (Å²) in [7, 11) is 4.73. The van der Waals surface area contributed by atoms with Crippen molar-refractivity contribution in [3.8, 4) is 22.8 Å². The summed E-state index contributed by atoms with van der Waals surface area (Å²) in [5, 5.41) is 8.31. The van der Waals surface area contributed by atoms with Crippen molar-refractivity contribution >= 4 is 16.9 Å². The molecule has 0 saturated carbocycles. The molecule has 184 valence electrons. The van der Waals surface area contributed by atoms with Gasteiger partial charge in [0.25, 0.3) is 0 Å². The van der Waals surface area contributed by atoms with Crippen LogP contribution in [0.4, 0.5) is 10.1 Å². The number of pyridine rings is 1. The Labute approximate surface area is 205 Å². The fourth-order valence-corrected chi connectivity index (χ4v) is 3.92. The molecule has 0 spiro atoms. The third-order valence-electron chi connectivity index (χ3n) is 5.89. The van der Waals surface area contributed by atoms with Crippen LogP contribution < -0.4 is 15.0 Å². The first-order valence-corrected chi connectivity index (χ1v) is 11.1. The van der Waals surface area contributed by atoms with Crippen molar-refractivity contribution in [1.29, 1.82) is 0 Å². The number of benzene rings is 1. The van der Waals surface area contributed by atoms with Crippen LogP contribution in [0.3, 0.4) is 0 Å². The summed E-state index contributed by atoms with van der Waals surface area (Å²) in [6.07, 6.45) is 5.28. The maximum atomic E-state index is 15.2. The van der Waals surface area contributed by atoms with Gasteiger partial charge in [-0.2, -0.15) is 5.10 Å². The van der Waals surface area contributed by atoms with Crippen LogP contribution in [0.2, 0.25) is 0 Å². The van der Waals surface area contributed by atoms with E-state index in [1.165, 1.54) is 26.4 Å². The van der Waals surface area contributed by atoms with Crippen LogP contribution in [-0.2, 0) is 13.6 Å². The Bertz CT molecular complexity index is 1630. The third-order valence-corrected chi connectivity index (χ3v) is 5.89. The molecule has 0 bridgehead atoms. The topological polar surface area (TPSA) is 105 Å². The molecule has 0 N–H and O–H groups in total. The molecule has 1 aromatic carbocycles. The van der Waals surface area contributed by atoms with Crippen molar-refractivity contribution in [2.75, 3.05) is 14.2 Å².